The Labute approximate surface area is 269 Å². The molecule has 1 fully saturated rings. The summed E-state index contributed by atoms with van der Waals surface area (Å²) in [7, 11) is -36.5. The number of unbranched alkanes of at least 4 members (excludes halogenated alkanes) is 3. The Hall–Kier alpha value is -0.580. The number of phosphoric acid groups is 6. The van der Waals surface area contributed by atoms with Gasteiger partial charge in [-0.05, 0) is 26.3 Å². The number of nitrogens with one attached hydrogen (secondary N) is 1. The number of ether oxygens (including phenoxy) is 1. The number of aryl methyl sites for hydroxylation is 1. The van der Waals surface area contributed by atoms with Crippen LogP contribution in [0.2, 0.25) is 0 Å². The number of nitrogens with zero attached hydrogens (tertiary/aromatic N) is 1. The quantitative estimate of drug-likeness (QED) is 0.0609. The van der Waals surface area contributed by atoms with E-state index in [1.165, 1.54) is 6.92 Å². The van der Waals surface area contributed by atoms with Crippen molar-refractivity contribution < 1.29 is 97.2 Å². The zero-order valence-electron chi connectivity index (χ0n) is 24.3. The lowest BCUT2D eigenvalue weighted by Gasteiger charge is -2.21. The molecule has 1 aliphatic heterocycles. The van der Waals surface area contributed by atoms with Crippen LogP contribution in [0.3, 0.4) is 0 Å². The molecule has 0 spiro atoms. The molecule has 280 valence electrons. The molecule has 0 aliphatic carbocycles. The average molecular weight is 821 g/mol. The van der Waals surface area contributed by atoms with Gasteiger partial charge in [-0.3, -0.25) is 23.4 Å². The second-order valence-corrected chi connectivity index (χ2v) is 18.9. The number of aromatic nitrogens is 2. The Balaban J connectivity index is 1.94. The summed E-state index contributed by atoms with van der Waals surface area (Å²) in [5.41, 5.74) is 3.77. The van der Waals surface area contributed by atoms with Gasteiger partial charge in [-0.15, -0.1) is 0 Å². The molecule has 32 heteroatoms. The molecule has 0 aromatic carbocycles. The van der Waals surface area contributed by atoms with E-state index >= 15 is 0 Å². The molecule has 9 atom stereocenters. The molecule has 0 amide bonds. The lowest BCUT2D eigenvalue weighted by atomic mass is 10.2. The molecule has 0 saturated carbocycles. The zero-order chi connectivity index (χ0) is 36.8. The van der Waals surface area contributed by atoms with Crippen LogP contribution < -0.4 is 17.0 Å². The van der Waals surface area contributed by atoms with Gasteiger partial charge in [0.2, 0.25) is 0 Å². The monoisotopic (exact) mass is 821 g/mol. The molecule has 2 rings (SSSR count). The SMILES string of the molecule is Cc1cn([C@H]2C[C@@H](O)[C@@H](COP(=O)(O)OP(=O)(O)OP(=O)(O)OP(=O)(O)OP(=O)(O)OP(=O)(O)OCCCCCCN)O2)c(=O)[nH]c1=O. The Morgan fingerprint density at radius 1 is 0.792 bits per heavy atom. The third-order valence-electron chi connectivity index (χ3n) is 5.45. The molecular weight excluding hydrogens is 788 g/mol. The van der Waals surface area contributed by atoms with Crippen LogP contribution in [-0.4, -0.2) is 76.0 Å². The van der Waals surface area contributed by atoms with Crippen molar-refractivity contribution >= 4 is 46.9 Å². The lowest BCUT2D eigenvalue weighted by molar-refractivity contribution is -0.0450. The Morgan fingerprint density at radius 3 is 1.75 bits per heavy atom. The predicted molar refractivity (Wildman–Crippen MR) is 154 cm³/mol. The first-order valence-electron chi connectivity index (χ1n) is 12.9. The summed E-state index contributed by atoms with van der Waals surface area (Å²) < 4.78 is 105. The second kappa shape index (κ2) is 17.3. The Kier molecular flexibility index (Phi) is 15.7. The molecule has 0 bridgehead atoms. The number of phosphoric ester groups is 2. The maximum atomic E-state index is 12.2. The topological polar surface area (TPSA) is 399 Å². The van der Waals surface area contributed by atoms with Crippen molar-refractivity contribution in [3.8, 4) is 0 Å². The van der Waals surface area contributed by atoms with E-state index in [0.717, 1.165) is 10.8 Å². The average Bonchev–Trinajstić information content (AvgIpc) is 3.23. The molecule has 2 heterocycles. The smallest absolute Gasteiger partial charge is 0.390 e. The van der Waals surface area contributed by atoms with Gasteiger partial charge in [0.25, 0.3) is 5.56 Å². The maximum Gasteiger partial charge on any atom is 0.490 e. The van der Waals surface area contributed by atoms with Crippen molar-refractivity contribution in [1.82, 2.24) is 9.55 Å². The number of aliphatic hydroxyl groups excluding tert-OH is 1. The Morgan fingerprint density at radius 2 is 1.25 bits per heavy atom. The summed E-state index contributed by atoms with van der Waals surface area (Å²) in [5.74, 6) is 0. The number of hydrogen-bond donors (Lipinski definition) is 9. The fourth-order valence-corrected chi connectivity index (χ4v) is 11.4. The summed E-state index contributed by atoms with van der Waals surface area (Å²) in [6.07, 6.45) is -1.54. The molecule has 6 unspecified atom stereocenters. The van der Waals surface area contributed by atoms with Crippen LogP contribution in [-0.2, 0) is 62.7 Å². The van der Waals surface area contributed by atoms with E-state index in [4.69, 9.17) is 10.5 Å². The van der Waals surface area contributed by atoms with Gasteiger partial charge in [-0.25, -0.2) is 32.2 Å². The normalized spacial score (nSPS) is 26.0. The van der Waals surface area contributed by atoms with Gasteiger partial charge >= 0.3 is 52.6 Å². The van der Waals surface area contributed by atoms with Gasteiger partial charge in [0.1, 0.15) is 12.3 Å². The standard InChI is InChI=1S/C16H33N3O23P6/c1-11-9-19(16(22)18-15(11)21)14-8-12(20)13(37-14)10-36-44(25,26)39-46(29,30)41-48(33,34)42-47(31,32)40-45(27,28)38-43(23,24)35-7-5-3-2-4-6-17/h9,12-14,20H,2-8,10,17H2,1H3,(H,23,24)(H,25,26)(H,27,28)(H,29,30)(H,31,32)(H,33,34)(H,18,21,22)/t12-,13-,14-/m1/s1. The van der Waals surface area contributed by atoms with Crippen LogP contribution in [0.4, 0.5) is 0 Å². The molecule has 10 N–H and O–H groups in total. The summed E-state index contributed by atoms with van der Waals surface area (Å²) in [6, 6.07) is 0. The highest BCUT2D eigenvalue weighted by Gasteiger charge is 2.50. The molecule has 1 aromatic rings. The fourth-order valence-electron chi connectivity index (χ4n) is 3.54. The summed E-state index contributed by atoms with van der Waals surface area (Å²) in [6.45, 7) is 0.160. The van der Waals surface area contributed by atoms with Gasteiger partial charge in [-0.2, -0.15) is 21.6 Å². The van der Waals surface area contributed by atoms with E-state index in [2.05, 4.69) is 30.6 Å². The third-order valence-corrected chi connectivity index (χ3v) is 14.7. The summed E-state index contributed by atoms with van der Waals surface area (Å²) >= 11 is 0. The van der Waals surface area contributed by atoms with Gasteiger partial charge in [0.05, 0.1) is 19.3 Å². The molecule has 1 aromatic heterocycles. The summed E-state index contributed by atoms with van der Waals surface area (Å²) in [5, 5.41) is 10.2. The van der Waals surface area contributed by atoms with E-state index in [0.29, 0.717) is 25.8 Å². The van der Waals surface area contributed by atoms with Crippen LogP contribution in [0.5, 0.6) is 0 Å². The number of hydrogen-bond acceptors (Lipinski definition) is 18. The van der Waals surface area contributed by atoms with Crippen molar-refractivity contribution in [2.75, 3.05) is 19.8 Å². The van der Waals surface area contributed by atoms with Crippen LogP contribution in [0.25, 0.3) is 0 Å². The molecule has 1 saturated heterocycles. The minimum absolute atomic E-state index is 0.0914. The Bertz CT molecular complexity index is 1680. The molecule has 26 nitrogen and oxygen atoms in total. The van der Waals surface area contributed by atoms with Crippen LogP contribution >= 0.6 is 46.9 Å². The maximum absolute atomic E-state index is 12.2. The highest BCUT2D eigenvalue weighted by molar-refractivity contribution is 7.72. The van der Waals surface area contributed by atoms with Gasteiger partial charge in [0, 0.05) is 18.2 Å². The van der Waals surface area contributed by atoms with Crippen molar-refractivity contribution in [1.29, 1.82) is 0 Å². The van der Waals surface area contributed by atoms with Gasteiger partial charge in [-0.1, -0.05) is 12.8 Å². The lowest BCUT2D eigenvalue weighted by Crippen LogP contribution is -2.33. The first-order valence-corrected chi connectivity index (χ1v) is 21.9. The highest BCUT2D eigenvalue weighted by Crippen LogP contribution is 2.75. The van der Waals surface area contributed by atoms with Gasteiger partial charge < -0.3 is 44.9 Å². The van der Waals surface area contributed by atoms with Crippen LogP contribution in [0.1, 0.15) is 43.9 Å². The van der Waals surface area contributed by atoms with Crippen LogP contribution in [0.15, 0.2) is 15.8 Å². The minimum atomic E-state index is -6.44. The third kappa shape index (κ3) is 15.3. The number of rotatable bonds is 21. The van der Waals surface area contributed by atoms with Crippen molar-refractivity contribution in [2.45, 2.75) is 57.5 Å². The zero-order valence-corrected chi connectivity index (χ0v) is 29.7. The van der Waals surface area contributed by atoms with Crippen molar-refractivity contribution in [2.24, 2.45) is 5.73 Å². The minimum Gasteiger partial charge on any atom is -0.390 e. The molecule has 1 aliphatic rings. The highest BCUT2D eigenvalue weighted by atomic mass is 31.3. The number of aliphatic hydroxyl groups is 1. The van der Waals surface area contributed by atoms with Gasteiger partial charge in [0.15, 0.2) is 0 Å². The second-order valence-electron chi connectivity index (χ2n) is 9.46. The van der Waals surface area contributed by atoms with E-state index in [1.807, 2.05) is 4.98 Å². The van der Waals surface area contributed by atoms with Crippen molar-refractivity contribution in [3.63, 3.8) is 0 Å². The summed E-state index contributed by atoms with van der Waals surface area (Å²) in [4.78, 5) is 83.1. The van der Waals surface area contributed by atoms with E-state index in [9.17, 15) is 71.4 Å². The first-order chi connectivity index (χ1) is 21.8. The van der Waals surface area contributed by atoms with Crippen molar-refractivity contribution in [3.05, 3.63) is 32.6 Å². The van der Waals surface area contributed by atoms with E-state index < -0.39 is 89.8 Å². The first kappa shape index (κ1) is 43.6. The van der Waals surface area contributed by atoms with E-state index in [1.54, 1.807) is 0 Å². The fraction of sp³-hybridized carbons (Fsp3) is 0.750. The van der Waals surface area contributed by atoms with Crippen LogP contribution in [0, 0.1) is 6.92 Å². The largest absolute Gasteiger partial charge is 0.490 e. The predicted octanol–water partition coefficient (Wildman–Crippen LogP) is 0.731. The number of H-pyrrole nitrogens is 1. The van der Waals surface area contributed by atoms with E-state index in [-0.39, 0.29) is 18.4 Å². The molecule has 48 heavy (non-hydrogen) atoms. The number of nitrogens with two attached hydrogens (primary N) is 1. The number of aromatic amines is 1. The molecule has 0 radical (unpaired) electrons. The molecular formula is C16H33N3O23P6.